The van der Waals surface area contributed by atoms with Gasteiger partial charge in [-0.15, -0.1) is 0 Å². The van der Waals surface area contributed by atoms with E-state index < -0.39 is 0 Å². The molecule has 1 heterocycles. The Morgan fingerprint density at radius 2 is 1.79 bits per heavy atom. The SMILES string of the molecule is COc1cc(-n2cccc2)c(Cl)cc1C(=O)N(C)CC(=O)Nc1ccccc1. The number of para-hydroxylation sites is 1. The summed E-state index contributed by atoms with van der Waals surface area (Å²) in [5.74, 6) is -0.273. The molecule has 0 spiro atoms. The fourth-order valence-electron chi connectivity index (χ4n) is 2.79. The Bertz CT molecular complexity index is 972. The van der Waals surface area contributed by atoms with E-state index in [9.17, 15) is 9.59 Å². The number of benzene rings is 2. The molecule has 0 bridgehead atoms. The van der Waals surface area contributed by atoms with E-state index in [0.717, 1.165) is 0 Å². The number of amides is 2. The molecule has 144 valence electrons. The molecule has 0 radical (unpaired) electrons. The van der Waals surface area contributed by atoms with Crippen molar-refractivity contribution in [3.8, 4) is 11.4 Å². The van der Waals surface area contributed by atoms with Crippen LogP contribution in [-0.2, 0) is 4.79 Å². The van der Waals surface area contributed by atoms with Crippen LogP contribution in [0.1, 0.15) is 10.4 Å². The van der Waals surface area contributed by atoms with E-state index in [-0.39, 0.29) is 18.4 Å². The molecule has 1 N–H and O–H groups in total. The van der Waals surface area contributed by atoms with Crippen LogP contribution in [0, 0.1) is 0 Å². The van der Waals surface area contributed by atoms with Crippen LogP contribution in [0.3, 0.4) is 0 Å². The van der Waals surface area contributed by atoms with Gasteiger partial charge in [-0.3, -0.25) is 9.59 Å². The Hall–Kier alpha value is -3.25. The summed E-state index contributed by atoms with van der Waals surface area (Å²) >= 11 is 6.39. The largest absolute Gasteiger partial charge is 0.496 e. The van der Waals surface area contributed by atoms with Crippen LogP contribution in [0.25, 0.3) is 5.69 Å². The van der Waals surface area contributed by atoms with E-state index >= 15 is 0 Å². The number of hydrogen-bond donors (Lipinski definition) is 1. The molecule has 0 aliphatic heterocycles. The summed E-state index contributed by atoms with van der Waals surface area (Å²) in [4.78, 5) is 26.4. The van der Waals surface area contributed by atoms with Gasteiger partial charge in [0.2, 0.25) is 5.91 Å². The second-order valence-corrected chi connectivity index (χ2v) is 6.58. The summed E-state index contributed by atoms with van der Waals surface area (Å²) in [7, 11) is 3.04. The van der Waals surface area contributed by atoms with Crippen molar-refractivity contribution in [3.63, 3.8) is 0 Å². The van der Waals surface area contributed by atoms with Crippen molar-refractivity contribution in [3.05, 3.63) is 77.6 Å². The van der Waals surface area contributed by atoms with E-state index in [1.165, 1.54) is 12.0 Å². The van der Waals surface area contributed by atoms with Gasteiger partial charge in [0.25, 0.3) is 5.91 Å². The minimum atomic E-state index is -0.360. The molecule has 0 aliphatic rings. The van der Waals surface area contributed by atoms with Crippen LogP contribution in [0.15, 0.2) is 67.0 Å². The summed E-state index contributed by atoms with van der Waals surface area (Å²) in [6.07, 6.45) is 3.70. The third kappa shape index (κ3) is 4.35. The van der Waals surface area contributed by atoms with E-state index in [4.69, 9.17) is 16.3 Å². The Labute approximate surface area is 168 Å². The average molecular weight is 398 g/mol. The molecule has 28 heavy (non-hydrogen) atoms. The van der Waals surface area contributed by atoms with E-state index in [1.807, 2.05) is 47.3 Å². The highest BCUT2D eigenvalue weighted by atomic mass is 35.5. The maximum atomic E-state index is 12.9. The first kappa shape index (κ1) is 19.5. The minimum absolute atomic E-state index is 0.103. The van der Waals surface area contributed by atoms with Crippen molar-refractivity contribution >= 4 is 29.1 Å². The zero-order chi connectivity index (χ0) is 20.1. The number of carbonyl (C=O) groups is 2. The molecular formula is C21H20ClN3O3. The first-order valence-electron chi connectivity index (χ1n) is 8.61. The highest BCUT2D eigenvalue weighted by Crippen LogP contribution is 2.30. The van der Waals surface area contributed by atoms with E-state index in [2.05, 4.69) is 5.32 Å². The number of anilines is 1. The summed E-state index contributed by atoms with van der Waals surface area (Å²) in [5.41, 5.74) is 1.66. The maximum Gasteiger partial charge on any atom is 0.257 e. The molecule has 6 nitrogen and oxygen atoms in total. The quantitative estimate of drug-likeness (QED) is 0.687. The number of nitrogens with one attached hydrogen (secondary N) is 1. The minimum Gasteiger partial charge on any atom is -0.496 e. The van der Waals surface area contributed by atoms with Gasteiger partial charge < -0.3 is 19.5 Å². The van der Waals surface area contributed by atoms with E-state index in [1.54, 1.807) is 31.3 Å². The van der Waals surface area contributed by atoms with Crippen LogP contribution >= 0.6 is 11.6 Å². The average Bonchev–Trinajstić information content (AvgIpc) is 3.22. The standard InChI is InChI=1S/C21H20ClN3O3/c1-24(14-20(26)23-15-8-4-3-5-9-15)21(27)16-12-17(22)18(13-19(16)28-2)25-10-6-7-11-25/h3-13H,14H2,1-2H3,(H,23,26). The number of nitrogens with zero attached hydrogens (tertiary/aromatic N) is 2. The smallest absolute Gasteiger partial charge is 0.257 e. The second-order valence-electron chi connectivity index (χ2n) is 6.17. The first-order chi connectivity index (χ1) is 13.5. The predicted octanol–water partition coefficient (Wildman–Crippen LogP) is 3.85. The van der Waals surface area contributed by atoms with Crippen LogP contribution in [0.5, 0.6) is 5.75 Å². The second kappa shape index (κ2) is 8.63. The zero-order valence-corrected chi connectivity index (χ0v) is 16.3. The number of carbonyl (C=O) groups excluding carboxylic acids is 2. The Morgan fingerprint density at radius 1 is 1.11 bits per heavy atom. The third-order valence-corrected chi connectivity index (χ3v) is 4.47. The monoisotopic (exact) mass is 397 g/mol. The van der Waals surface area contributed by atoms with Crippen LogP contribution in [0.2, 0.25) is 5.02 Å². The van der Waals surface area contributed by atoms with E-state index in [0.29, 0.717) is 27.7 Å². The molecule has 2 amide bonds. The van der Waals surface area contributed by atoms with Crippen molar-refractivity contribution in [2.45, 2.75) is 0 Å². The summed E-state index contributed by atoms with van der Waals surface area (Å²) < 4.78 is 7.22. The molecule has 0 saturated carbocycles. The van der Waals surface area contributed by atoms with Gasteiger partial charge in [-0.2, -0.15) is 0 Å². The Kier molecular flexibility index (Phi) is 6.01. The van der Waals surface area contributed by atoms with Crippen molar-refractivity contribution in [2.75, 3.05) is 26.0 Å². The third-order valence-electron chi connectivity index (χ3n) is 4.17. The van der Waals surface area contributed by atoms with Crippen LogP contribution in [-0.4, -0.2) is 42.0 Å². The highest BCUT2D eigenvalue weighted by Gasteiger charge is 2.21. The summed E-state index contributed by atoms with van der Waals surface area (Å²) in [6.45, 7) is -0.103. The molecule has 0 saturated heterocycles. The molecule has 3 aromatic rings. The van der Waals surface area contributed by atoms with Gasteiger partial charge in [0.05, 0.1) is 29.9 Å². The number of halogens is 1. The van der Waals surface area contributed by atoms with Gasteiger partial charge in [-0.05, 0) is 30.3 Å². The lowest BCUT2D eigenvalue weighted by Crippen LogP contribution is -2.35. The fraction of sp³-hybridized carbons (Fsp3) is 0.143. The van der Waals surface area contributed by atoms with Crippen molar-refractivity contribution < 1.29 is 14.3 Å². The van der Waals surface area contributed by atoms with Gasteiger partial charge >= 0.3 is 0 Å². The Balaban J connectivity index is 1.77. The molecule has 3 rings (SSSR count). The molecule has 0 fully saturated rings. The molecule has 0 unspecified atom stereocenters. The first-order valence-corrected chi connectivity index (χ1v) is 8.98. The van der Waals surface area contributed by atoms with Gasteiger partial charge in [-0.1, -0.05) is 29.8 Å². The molecule has 7 heteroatoms. The topological polar surface area (TPSA) is 63.6 Å². The maximum absolute atomic E-state index is 12.9. The van der Waals surface area contributed by atoms with Crippen LogP contribution in [0.4, 0.5) is 5.69 Å². The predicted molar refractivity (Wildman–Crippen MR) is 109 cm³/mol. The molecule has 0 aliphatic carbocycles. The summed E-state index contributed by atoms with van der Waals surface area (Å²) in [5, 5.41) is 3.16. The van der Waals surface area contributed by atoms with Gasteiger partial charge in [0, 0.05) is 31.2 Å². The Morgan fingerprint density at radius 3 is 2.43 bits per heavy atom. The lowest BCUT2D eigenvalue weighted by atomic mass is 10.1. The fourth-order valence-corrected chi connectivity index (χ4v) is 3.05. The highest BCUT2D eigenvalue weighted by molar-refractivity contribution is 6.33. The molecule has 0 atom stereocenters. The molecule has 2 aromatic carbocycles. The number of aromatic nitrogens is 1. The number of ether oxygens (including phenoxy) is 1. The number of methoxy groups -OCH3 is 1. The van der Waals surface area contributed by atoms with Gasteiger partial charge in [-0.25, -0.2) is 0 Å². The van der Waals surface area contributed by atoms with Gasteiger partial charge in [0.15, 0.2) is 0 Å². The van der Waals surface area contributed by atoms with Gasteiger partial charge in [0.1, 0.15) is 5.75 Å². The van der Waals surface area contributed by atoms with Crippen molar-refractivity contribution in [1.82, 2.24) is 9.47 Å². The van der Waals surface area contributed by atoms with Crippen LogP contribution < -0.4 is 10.1 Å². The lowest BCUT2D eigenvalue weighted by molar-refractivity contribution is -0.116. The summed E-state index contributed by atoms with van der Waals surface area (Å²) in [6, 6.07) is 16.1. The normalized spacial score (nSPS) is 10.4. The van der Waals surface area contributed by atoms with Crippen molar-refractivity contribution in [1.29, 1.82) is 0 Å². The van der Waals surface area contributed by atoms with Crippen molar-refractivity contribution in [2.24, 2.45) is 0 Å². The number of rotatable bonds is 6. The molecule has 1 aromatic heterocycles. The lowest BCUT2D eigenvalue weighted by Gasteiger charge is -2.19. The molecular weight excluding hydrogens is 378 g/mol. The number of hydrogen-bond acceptors (Lipinski definition) is 3. The zero-order valence-electron chi connectivity index (χ0n) is 15.6. The number of likely N-dealkylation sites (N-methyl/N-ethyl adjacent to an activating group) is 1.